The number of nitrogens with zero attached hydrogens (tertiary/aromatic N) is 4. The first-order valence-corrected chi connectivity index (χ1v) is 10.2. The molecule has 0 aromatic carbocycles. The van der Waals surface area contributed by atoms with Crippen LogP contribution in [0.15, 0.2) is 23.6 Å². The van der Waals surface area contributed by atoms with Crippen LogP contribution in [0.1, 0.15) is 33.1 Å². The van der Waals surface area contributed by atoms with Crippen LogP contribution in [0, 0.1) is 5.92 Å². The third kappa shape index (κ3) is 4.66. The normalized spacial score (nSPS) is 21.3. The molecule has 0 bridgehead atoms. The molecule has 7 nitrogen and oxygen atoms in total. The van der Waals surface area contributed by atoms with E-state index in [-0.39, 0.29) is 24.1 Å². The van der Waals surface area contributed by atoms with E-state index < -0.39 is 0 Å². The fourth-order valence-electron chi connectivity index (χ4n) is 3.62. The fourth-order valence-corrected chi connectivity index (χ4v) is 4.32. The molecule has 1 unspecified atom stereocenters. The maximum absolute atomic E-state index is 12.4. The minimum Gasteiger partial charge on any atom is -0.447 e. The number of ether oxygens (including phenoxy) is 1. The fraction of sp³-hybridized carbons (Fsp3) is 0.667. The Morgan fingerprint density at radius 2 is 2.00 bits per heavy atom. The lowest BCUT2D eigenvalue weighted by atomic mass is 9.98. The zero-order valence-electron chi connectivity index (χ0n) is 15.3. The van der Waals surface area contributed by atoms with E-state index in [2.05, 4.69) is 23.8 Å². The summed E-state index contributed by atoms with van der Waals surface area (Å²) in [5, 5.41) is 0.618. The Hall–Kier alpha value is -1.83. The molecule has 1 aromatic rings. The van der Waals surface area contributed by atoms with Crippen molar-refractivity contribution in [2.45, 2.75) is 50.4 Å². The average molecular weight is 378 g/mol. The minimum absolute atomic E-state index is 0.101. The SMILES string of the molecule is CC(C)CC1COC(=O)N1C1CCN(C(=O)CSc2ncccn2)CC1. The van der Waals surface area contributed by atoms with Crippen LogP contribution >= 0.6 is 11.8 Å². The van der Waals surface area contributed by atoms with Gasteiger partial charge in [-0.3, -0.25) is 9.69 Å². The van der Waals surface area contributed by atoms with Gasteiger partial charge in [-0.05, 0) is 31.2 Å². The van der Waals surface area contributed by atoms with Gasteiger partial charge in [0, 0.05) is 31.5 Å². The van der Waals surface area contributed by atoms with Gasteiger partial charge in [-0.1, -0.05) is 25.6 Å². The van der Waals surface area contributed by atoms with Crippen LogP contribution < -0.4 is 0 Å². The van der Waals surface area contributed by atoms with Crippen molar-refractivity contribution in [3.8, 4) is 0 Å². The lowest BCUT2D eigenvalue weighted by molar-refractivity contribution is -0.129. The second-order valence-corrected chi connectivity index (χ2v) is 8.14. The van der Waals surface area contributed by atoms with E-state index in [0.717, 1.165) is 19.3 Å². The largest absolute Gasteiger partial charge is 0.447 e. The molecule has 0 radical (unpaired) electrons. The molecule has 26 heavy (non-hydrogen) atoms. The van der Waals surface area contributed by atoms with E-state index in [1.54, 1.807) is 18.5 Å². The number of carbonyl (C=O) groups is 2. The highest BCUT2D eigenvalue weighted by Gasteiger charge is 2.39. The van der Waals surface area contributed by atoms with Gasteiger partial charge in [0.05, 0.1) is 11.8 Å². The van der Waals surface area contributed by atoms with E-state index in [9.17, 15) is 9.59 Å². The van der Waals surface area contributed by atoms with E-state index in [0.29, 0.717) is 36.5 Å². The number of carbonyl (C=O) groups excluding carboxylic acids is 2. The molecule has 2 amide bonds. The molecular formula is C18H26N4O3S. The molecular weight excluding hydrogens is 352 g/mol. The van der Waals surface area contributed by atoms with Crippen LogP contribution in [0.4, 0.5) is 4.79 Å². The second kappa shape index (κ2) is 8.70. The highest BCUT2D eigenvalue weighted by Crippen LogP contribution is 2.27. The van der Waals surface area contributed by atoms with E-state index >= 15 is 0 Å². The van der Waals surface area contributed by atoms with Crippen molar-refractivity contribution in [2.24, 2.45) is 5.92 Å². The highest BCUT2D eigenvalue weighted by molar-refractivity contribution is 7.99. The summed E-state index contributed by atoms with van der Waals surface area (Å²) in [6.07, 6.45) is 5.72. The second-order valence-electron chi connectivity index (χ2n) is 7.20. The molecule has 0 saturated carbocycles. The number of aromatic nitrogens is 2. The standard InChI is InChI=1S/C18H26N4O3S/c1-13(2)10-15-11-25-18(24)22(15)14-4-8-21(9-5-14)16(23)12-26-17-19-6-3-7-20-17/h3,6-7,13-15H,4-5,8-12H2,1-2H3. The van der Waals surface area contributed by atoms with Gasteiger partial charge in [-0.25, -0.2) is 14.8 Å². The minimum atomic E-state index is -0.197. The van der Waals surface area contributed by atoms with Gasteiger partial charge in [0.15, 0.2) is 5.16 Å². The van der Waals surface area contributed by atoms with Crippen LogP contribution in [-0.4, -0.2) is 69.3 Å². The third-order valence-electron chi connectivity index (χ3n) is 4.82. The number of hydrogen-bond donors (Lipinski definition) is 0. The first-order chi connectivity index (χ1) is 12.5. The molecule has 1 aromatic heterocycles. The number of likely N-dealkylation sites (tertiary alicyclic amines) is 1. The molecule has 0 aliphatic carbocycles. The first-order valence-electron chi connectivity index (χ1n) is 9.17. The van der Waals surface area contributed by atoms with Gasteiger partial charge in [0.1, 0.15) is 6.61 Å². The molecule has 2 aliphatic heterocycles. The van der Waals surface area contributed by atoms with Crippen LogP contribution in [-0.2, 0) is 9.53 Å². The van der Waals surface area contributed by atoms with Crippen molar-refractivity contribution >= 4 is 23.8 Å². The molecule has 8 heteroatoms. The zero-order valence-corrected chi connectivity index (χ0v) is 16.2. The topological polar surface area (TPSA) is 75.6 Å². The number of rotatable bonds is 6. The number of piperidine rings is 1. The molecule has 2 saturated heterocycles. The molecule has 0 N–H and O–H groups in total. The third-order valence-corrected chi connectivity index (χ3v) is 5.68. The van der Waals surface area contributed by atoms with Crippen LogP contribution in [0.25, 0.3) is 0 Å². The highest BCUT2D eigenvalue weighted by atomic mass is 32.2. The summed E-state index contributed by atoms with van der Waals surface area (Å²) >= 11 is 1.36. The summed E-state index contributed by atoms with van der Waals surface area (Å²) < 4.78 is 5.28. The summed E-state index contributed by atoms with van der Waals surface area (Å²) in [4.78, 5) is 36.6. The van der Waals surface area contributed by atoms with Crippen molar-refractivity contribution in [3.05, 3.63) is 18.5 Å². The van der Waals surface area contributed by atoms with Crippen LogP contribution in [0.3, 0.4) is 0 Å². The Morgan fingerprint density at radius 1 is 1.31 bits per heavy atom. The van der Waals surface area contributed by atoms with E-state index in [1.165, 1.54) is 11.8 Å². The molecule has 2 fully saturated rings. The molecule has 3 rings (SSSR count). The number of amides is 2. The number of cyclic esters (lactones) is 1. The maximum atomic E-state index is 12.4. The summed E-state index contributed by atoms with van der Waals surface area (Å²) in [5.74, 6) is 0.968. The Labute approximate surface area is 158 Å². The Kier molecular flexibility index (Phi) is 6.34. The quantitative estimate of drug-likeness (QED) is 0.559. The molecule has 0 spiro atoms. The first kappa shape index (κ1) is 18.9. The smallest absolute Gasteiger partial charge is 0.410 e. The monoisotopic (exact) mass is 378 g/mol. The Balaban J connectivity index is 1.48. The zero-order chi connectivity index (χ0) is 18.5. The predicted octanol–water partition coefficient (Wildman–Crippen LogP) is 2.43. The Morgan fingerprint density at radius 3 is 2.65 bits per heavy atom. The van der Waals surface area contributed by atoms with E-state index in [4.69, 9.17) is 4.74 Å². The lowest BCUT2D eigenvalue weighted by Gasteiger charge is -2.38. The van der Waals surface area contributed by atoms with Crippen molar-refractivity contribution in [3.63, 3.8) is 0 Å². The molecule has 142 valence electrons. The average Bonchev–Trinajstić information content (AvgIpc) is 3.00. The summed E-state index contributed by atoms with van der Waals surface area (Å²) in [6, 6.07) is 2.09. The van der Waals surface area contributed by atoms with Crippen molar-refractivity contribution in [1.82, 2.24) is 19.8 Å². The van der Waals surface area contributed by atoms with Crippen LogP contribution in [0.2, 0.25) is 0 Å². The van der Waals surface area contributed by atoms with Gasteiger partial charge >= 0.3 is 6.09 Å². The molecule has 2 aliphatic rings. The molecule has 3 heterocycles. The summed E-state index contributed by atoms with van der Waals surface area (Å²) in [5.41, 5.74) is 0. The van der Waals surface area contributed by atoms with Gasteiger partial charge in [0.2, 0.25) is 5.91 Å². The number of thioether (sulfide) groups is 1. The van der Waals surface area contributed by atoms with Gasteiger partial charge in [-0.2, -0.15) is 0 Å². The summed E-state index contributed by atoms with van der Waals surface area (Å²) in [6.45, 7) is 6.17. The van der Waals surface area contributed by atoms with Crippen molar-refractivity contribution in [2.75, 3.05) is 25.4 Å². The molecule has 1 atom stereocenters. The predicted molar refractivity (Wildman–Crippen MR) is 98.8 cm³/mol. The lowest BCUT2D eigenvalue weighted by Crippen LogP contribution is -2.50. The van der Waals surface area contributed by atoms with Gasteiger partial charge in [-0.15, -0.1) is 0 Å². The van der Waals surface area contributed by atoms with E-state index in [1.807, 2.05) is 9.80 Å². The van der Waals surface area contributed by atoms with Gasteiger partial charge < -0.3 is 9.64 Å². The Bertz CT molecular complexity index is 620. The van der Waals surface area contributed by atoms with Gasteiger partial charge in [0.25, 0.3) is 0 Å². The maximum Gasteiger partial charge on any atom is 0.410 e. The van der Waals surface area contributed by atoms with Crippen molar-refractivity contribution < 1.29 is 14.3 Å². The van der Waals surface area contributed by atoms with Crippen LogP contribution in [0.5, 0.6) is 0 Å². The number of hydrogen-bond acceptors (Lipinski definition) is 6. The van der Waals surface area contributed by atoms with Crippen molar-refractivity contribution in [1.29, 1.82) is 0 Å². The summed E-state index contributed by atoms with van der Waals surface area (Å²) in [7, 11) is 0.